The molecule has 1 fully saturated rings. The fourth-order valence-electron chi connectivity index (χ4n) is 2.67. The normalized spacial score (nSPS) is 15.4. The standard InChI is InChI=1S/C17H21N5O.C2H6/c1-4-13(9-18-12(2)3)14-10-19-16-15(14)17(21-11-20-16)22-5-7-23-8-6-22;1-2/h4,9-11H,2,5-8H2,1,3H3,(H,19,20,21);1-2H3/b13-4+,18-9?;. The molecule has 0 aliphatic carbocycles. The number of morpholine rings is 1. The number of hydrogen-bond donors (Lipinski definition) is 1. The lowest BCUT2D eigenvalue weighted by Gasteiger charge is -2.28. The first-order valence-corrected chi connectivity index (χ1v) is 8.71. The van der Waals surface area contributed by atoms with E-state index in [4.69, 9.17) is 4.74 Å². The zero-order chi connectivity index (χ0) is 18.2. The van der Waals surface area contributed by atoms with E-state index in [2.05, 4.69) is 31.4 Å². The average molecular weight is 341 g/mol. The van der Waals surface area contributed by atoms with Crippen LogP contribution < -0.4 is 4.90 Å². The molecule has 1 aliphatic rings. The zero-order valence-corrected chi connectivity index (χ0v) is 15.5. The Kier molecular flexibility index (Phi) is 6.89. The van der Waals surface area contributed by atoms with Crippen LogP contribution in [0, 0.1) is 0 Å². The summed E-state index contributed by atoms with van der Waals surface area (Å²) in [4.78, 5) is 18.7. The summed E-state index contributed by atoms with van der Waals surface area (Å²) >= 11 is 0. The second kappa shape index (κ2) is 9.13. The fourth-order valence-corrected chi connectivity index (χ4v) is 2.67. The number of rotatable bonds is 4. The molecule has 3 rings (SSSR count). The van der Waals surface area contributed by atoms with Crippen LogP contribution in [0.4, 0.5) is 5.82 Å². The summed E-state index contributed by atoms with van der Waals surface area (Å²) in [6.07, 6.45) is 7.43. The van der Waals surface area contributed by atoms with Crippen molar-refractivity contribution in [1.82, 2.24) is 15.0 Å². The molecule has 0 aromatic carbocycles. The lowest BCUT2D eigenvalue weighted by Crippen LogP contribution is -2.36. The monoisotopic (exact) mass is 341 g/mol. The third-order valence-electron chi connectivity index (χ3n) is 3.81. The average Bonchev–Trinajstić information content (AvgIpc) is 3.09. The van der Waals surface area contributed by atoms with Crippen LogP contribution in [0.25, 0.3) is 16.6 Å². The molecule has 2 aromatic heterocycles. The van der Waals surface area contributed by atoms with Crippen molar-refractivity contribution in [2.24, 2.45) is 4.99 Å². The quantitative estimate of drug-likeness (QED) is 0.858. The Morgan fingerprint density at radius 1 is 1.32 bits per heavy atom. The van der Waals surface area contributed by atoms with Crippen molar-refractivity contribution in [2.75, 3.05) is 31.2 Å². The summed E-state index contributed by atoms with van der Waals surface area (Å²) in [6, 6.07) is 0. The van der Waals surface area contributed by atoms with Crippen molar-refractivity contribution < 1.29 is 4.74 Å². The molecule has 134 valence electrons. The Bertz CT molecular complexity index is 769. The molecule has 25 heavy (non-hydrogen) atoms. The van der Waals surface area contributed by atoms with Gasteiger partial charge in [0.05, 0.1) is 18.6 Å². The van der Waals surface area contributed by atoms with Gasteiger partial charge in [0.15, 0.2) is 0 Å². The van der Waals surface area contributed by atoms with Crippen LogP contribution in [-0.2, 0) is 4.74 Å². The van der Waals surface area contributed by atoms with E-state index >= 15 is 0 Å². The van der Waals surface area contributed by atoms with E-state index in [0.29, 0.717) is 0 Å². The van der Waals surface area contributed by atoms with Crippen molar-refractivity contribution in [3.63, 3.8) is 0 Å². The van der Waals surface area contributed by atoms with Gasteiger partial charge in [0, 0.05) is 36.8 Å². The predicted molar refractivity (Wildman–Crippen MR) is 105 cm³/mol. The van der Waals surface area contributed by atoms with Crippen LogP contribution >= 0.6 is 0 Å². The third kappa shape index (κ3) is 4.33. The number of aliphatic imine (C=N–C) groups is 1. The van der Waals surface area contributed by atoms with Gasteiger partial charge in [0.25, 0.3) is 0 Å². The Hall–Kier alpha value is -2.47. The Morgan fingerprint density at radius 2 is 2.04 bits per heavy atom. The summed E-state index contributed by atoms with van der Waals surface area (Å²) in [5.41, 5.74) is 3.67. The summed E-state index contributed by atoms with van der Waals surface area (Å²) in [6.45, 7) is 14.8. The smallest absolute Gasteiger partial charge is 0.143 e. The molecule has 2 aromatic rings. The van der Waals surface area contributed by atoms with Gasteiger partial charge in [-0.15, -0.1) is 0 Å². The highest BCUT2D eigenvalue weighted by Gasteiger charge is 2.19. The van der Waals surface area contributed by atoms with Crippen molar-refractivity contribution in [1.29, 1.82) is 0 Å². The molecule has 0 radical (unpaired) electrons. The maximum atomic E-state index is 5.44. The zero-order valence-electron chi connectivity index (χ0n) is 15.5. The number of fused-ring (bicyclic) bond motifs is 1. The second-order valence-electron chi connectivity index (χ2n) is 5.46. The molecule has 3 heterocycles. The predicted octanol–water partition coefficient (Wildman–Crippen LogP) is 3.83. The van der Waals surface area contributed by atoms with Gasteiger partial charge >= 0.3 is 0 Å². The Morgan fingerprint density at radius 3 is 2.68 bits per heavy atom. The number of allylic oxidation sites excluding steroid dienone is 3. The largest absolute Gasteiger partial charge is 0.378 e. The molecule has 1 saturated heterocycles. The van der Waals surface area contributed by atoms with Gasteiger partial charge in [0.1, 0.15) is 17.8 Å². The number of aromatic nitrogens is 3. The van der Waals surface area contributed by atoms with Gasteiger partial charge in [-0.25, -0.2) is 9.97 Å². The van der Waals surface area contributed by atoms with Gasteiger partial charge in [-0.3, -0.25) is 4.99 Å². The van der Waals surface area contributed by atoms with Gasteiger partial charge in [-0.2, -0.15) is 0 Å². The maximum Gasteiger partial charge on any atom is 0.143 e. The van der Waals surface area contributed by atoms with Crippen LogP contribution in [-0.4, -0.2) is 47.5 Å². The highest BCUT2D eigenvalue weighted by molar-refractivity contribution is 6.16. The number of hydrogen-bond acceptors (Lipinski definition) is 5. The van der Waals surface area contributed by atoms with Gasteiger partial charge in [-0.1, -0.05) is 26.5 Å². The van der Waals surface area contributed by atoms with E-state index in [1.54, 1.807) is 6.33 Å². The van der Waals surface area contributed by atoms with Crippen LogP contribution in [0.15, 0.2) is 35.9 Å². The van der Waals surface area contributed by atoms with E-state index in [9.17, 15) is 0 Å². The summed E-state index contributed by atoms with van der Waals surface area (Å²) in [5, 5.41) is 1.02. The number of H-pyrrole nitrogens is 1. The molecule has 0 unspecified atom stereocenters. The molecule has 0 spiro atoms. The van der Waals surface area contributed by atoms with Crippen LogP contribution in [0.1, 0.15) is 33.3 Å². The van der Waals surface area contributed by atoms with E-state index in [0.717, 1.165) is 60.0 Å². The SMILES string of the molecule is C=C(C)N=C/C(=C\C)c1c[nH]c2ncnc(N3CCOCC3)c12.CC. The van der Waals surface area contributed by atoms with E-state index < -0.39 is 0 Å². The minimum atomic E-state index is 0.721. The summed E-state index contributed by atoms with van der Waals surface area (Å²) < 4.78 is 5.44. The van der Waals surface area contributed by atoms with Crippen molar-refractivity contribution >= 4 is 28.6 Å². The highest BCUT2D eigenvalue weighted by atomic mass is 16.5. The first-order chi connectivity index (χ1) is 12.2. The number of aromatic amines is 1. The van der Waals surface area contributed by atoms with Gasteiger partial charge in [-0.05, 0) is 19.4 Å². The third-order valence-corrected chi connectivity index (χ3v) is 3.81. The summed E-state index contributed by atoms with van der Waals surface area (Å²) in [7, 11) is 0. The molecule has 1 N–H and O–H groups in total. The van der Waals surface area contributed by atoms with Crippen molar-refractivity contribution in [3.05, 3.63) is 36.4 Å². The van der Waals surface area contributed by atoms with Crippen LogP contribution in [0.3, 0.4) is 0 Å². The van der Waals surface area contributed by atoms with Crippen molar-refractivity contribution in [2.45, 2.75) is 27.7 Å². The van der Waals surface area contributed by atoms with E-state index in [-0.39, 0.29) is 0 Å². The molecular weight excluding hydrogens is 314 g/mol. The van der Waals surface area contributed by atoms with Gasteiger partial charge < -0.3 is 14.6 Å². The van der Waals surface area contributed by atoms with Crippen LogP contribution in [0.5, 0.6) is 0 Å². The fraction of sp³-hybridized carbons (Fsp3) is 0.421. The van der Waals surface area contributed by atoms with Gasteiger partial charge in [0.2, 0.25) is 0 Å². The van der Waals surface area contributed by atoms with E-state index in [1.165, 1.54) is 0 Å². The minimum absolute atomic E-state index is 0.721. The number of ether oxygens (including phenoxy) is 1. The highest BCUT2D eigenvalue weighted by Crippen LogP contribution is 2.30. The molecule has 0 atom stereocenters. The molecule has 6 nitrogen and oxygen atoms in total. The molecule has 0 bridgehead atoms. The first-order valence-electron chi connectivity index (χ1n) is 8.71. The number of anilines is 1. The first kappa shape index (κ1) is 18.9. The molecule has 1 aliphatic heterocycles. The second-order valence-corrected chi connectivity index (χ2v) is 5.46. The molecule has 6 heteroatoms. The Labute approximate surface area is 149 Å². The molecular formula is C19H27N5O. The lowest BCUT2D eigenvalue weighted by atomic mass is 10.1. The van der Waals surface area contributed by atoms with Crippen LogP contribution in [0.2, 0.25) is 0 Å². The Balaban J connectivity index is 0.00000109. The number of nitrogens with one attached hydrogen (secondary N) is 1. The lowest BCUT2D eigenvalue weighted by molar-refractivity contribution is 0.122. The van der Waals surface area contributed by atoms with E-state index in [1.807, 2.05) is 46.2 Å². The summed E-state index contributed by atoms with van der Waals surface area (Å²) in [5.74, 6) is 0.942. The topological polar surface area (TPSA) is 66.4 Å². The maximum absolute atomic E-state index is 5.44. The molecule has 0 saturated carbocycles. The minimum Gasteiger partial charge on any atom is -0.378 e. The number of nitrogens with zero attached hydrogens (tertiary/aromatic N) is 4. The molecule has 0 amide bonds. The van der Waals surface area contributed by atoms with Crippen molar-refractivity contribution in [3.8, 4) is 0 Å².